The topological polar surface area (TPSA) is 72.8 Å². The Morgan fingerprint density at radius 2 is 1.64 bits per heavy atom. The summed E-state index contributed by atoms with van der Waals surface area (Å²) in [6, 6.07) is 15.8. The predicted octanol–water partition coefficient (Wildman–Crippen LogP) is 6.45. The summed E-state index contributed by atoms with van der Waals surface area (Å²) in [7, 11) is 0. The van der Waals surface area contributed by atoms with Crippen LogP contribution in [0.15, 0.2) is 72.8 Å². The van der Waals surface area contributed by atoms with Crippen LogP contribution in [0.25, 0.3) is 5.57 Å². The molecular weight excluding hydrogens is 416 g/mol. The Balaban J connectivity index is 1.69. The molecule has 0 saturated carbocycles. The van der Waals surface area contributed by atoms with Crippen LogP contribution in [0.1, 0.15) is 67.8 Å². The second kappa shape index (κ2) is 12.2. The summed E-state index contributed by atoms with van der Waals surface area (Å²) in [6.07, 6.45) is 12.9. The van der Waals surface area contributed by atoms with Crippen molar-refractivity contribution in [3.05, 3.63) is 84.0 Å². The van der Waals surface area contributed by atoms with Gasteiger partial charge < -0.3 is 14.6 Å². The minimum absolute atomic E-state index is 0.136. The number of unbranched alkanes of at least 4 members (excludes halogenated alkanes) is 5. The summed E-state index contributed by atoms with van der Waals surface area (Å²) in [4.78, 5) is 24.3. The van der Waals surface area contributed by atoms with E-state index in [1.807, 2.05) is 42.5 Å². The van der Waals surface area contributed by atoms with Crippen LogP contribution in [0.4, 0.5) is 0 Å². The van der Waals surface area contributed by atoms with Gasteiger partial charge in [-0.2, -0.15) is 0 Å². The van der Waals surface area contributed by atoms with E-state index in [0.717, 1.165) is 24.0 Å². The SMILES string of the molecule is CCCCCCCCOC1(C(=O)Oc2ccc(C(=O)O)cc2)C=CC(c2ccccc2)=CC1. The Bertz CT molecular complexity index is 975. The number of ether oxygens (including phenoxy) is 2. The van der Waals surface area contributed by atoms with Gasteiger partial charge in [-0.1, -0.05) is 81.5 Å². The lowest BCUT2D eigenvalue weighted by Crippen LogP contribution is -2.43. The monoisotopic (exact) mass is 448 g/mol. The van der Waals surface area contributed by atoms with Crippen molar-refractivity contribution in [3.63, 3.8) is 0 Å². The van der Waals surface area contributed by atoms with Crippen molar-refractivity contribution in [1.29, 1.82) is 0 Å². The normalized spacial score (nSPS) is 17.4. The third-order valence-corrected chi connectivity index (χ3v) is 5.78. The molecule has 0 fully saturated rings. The van der Waals surface area contributed by atoms with Crippen LogP contribution < -0.4 is 4.74 Å². The van der Waals surface area contributed by atoms with Gasteiger partial charge in [0.2, 0.25) is 0 Å². The van der Waals surface area contributed by atoms with Crippen molar-refractivity contribution >= 4 is 17.5 Å². The van der Waals surface area contributed by atoms with Gasteiger partial charge in [0.05, 0.1) is 5.56 Å². The van der Waals surface area contributed by atoms with Gasteiger partial charge in [-0.15, -0.1) is 0 Å². The maximum atomic E-state index is 13.2. The van der Waals surface area contributed by atoms with Crippen LogP contribution in [0.3, 0.4) is 0 Å². The standard InChI is InChI=1S/C28H32O5/c1-2-3-4-5-6-10-21-32-28(19-17-23(18-20-28)22-11-8-7-9-12-22)27(31)33-25-15-13-24(14-16-25)26(29)30/h7-9,11-19H,2-6,10,20-21H2,1H3,(H,29,30). The molecular formula is C28H32O5. The number of aromatic carboxylic acids is 1. The average molecular weight is 449 g/mol. The number of rotatable bonds is 12. The van der Waals surface area contributed by atoms with Gasteiger partial charge >= 0.3 is 11.9 Å². The number of hydrogen-bond acceptors (Lipinski definition) is 4. The van der Waals surface area contributed by atoms with Crippen LogP contribution in [-0.2, 0) is 9.53 Å². The number of esters is 1. The van der Waals surface area contributed by atoms with Crippen LogP contribution in [-0.4, -0.2) is 29.3 Å². The molecule has 0 heterocycles. The molecule has 1 aliphatic carbocycles. The zero-order chi connectivity index (χ0) is 23.5. The predicted molar refractivity (Wildman–Crippen MR) is 129 cm³/mol. The molecule has 174 valence electrons. The third kappa shape index (κ3) is 6.90. The minimum Gasteiger partial charge on any atom is -0.478 e. The Kier molecular flexibility index (Phi) is 9.02. The van der Waals surface area contributed by atoms with Gasteiger partial charge in [0, 0.05) is 13.0 Å². The first kappa shape index (κ1) is 24.5. The van der Waals surface area contributed by atoms with E-state index in [0.29, 0.717) is 18.8 Å². The Hall–Kier alpha value is -3.18. The molecule has 1 aliphatic rings. The van der Waals surface area contributed by atoms with Gasteiger partial charge in [-0.25, -0.2) is 9.59 Å². The lowest BCUT2D eigenvalue weighted by molar-refractivity contribution is -0.156. The van der Waals surface area contributed by atoms with Gasteiger partial charge in [0.15, 0.2) is 5.60 Å². The number of hydrogen-bond donors (Lipinski definition) is 1. The van der Waals surface area contributed by atoms with Crippen molar-refractivity contribution < 1.29 is 24.2 Å². The second-order valence-electron chi connectivity index (χ2n) is 8.29. The zero-order valence-corrected chi connectivity index (χ0v) is 19.2. The van der Waals surface area contributed by atoms with E-state index >= 15 is 0 Å². The first-order chi connectivity index (χ1) is 16.0. The molecule has 0 spiro atoms. The first-order valence-electron chi connectivity index (χ1n) is 11.7. The molecule has 3 rings (SSSR count). The first-order valence-corrected chi connectivity index (χ1v) is 11.7. The molecule has 0 aromatic heterocycles. The van der Waals surface area contributed by atoms with E-state index in [1.165, 1.54) is 49.9 Å². The van der Waals surface area contributed by atoms with Crippen molar-refractivity contribution in [2.75, 3.05) is 6.61 Å². The summed E-state index contributed by atoms with van der Waals surface area (Å²) in [5.74, 6) is -1.24. The second-order valence-corrected chi connectivity index (χ2v) is 8.29. The fourth-order valence-electron chi connectivity index (χ4n) is 3.78. The summed E-state index contributed by atoms with van der Waals surface area (Å²) in [5.41, 5.74) is 1.05. The maximum absolute atomic E-state index is 13.2. The van der Waals surface area contributed by atoms with Crippen molar-refractivity contribution in [3.8, 4) is 5.75 Å². The molecule has 0 radical (unpaired) electrons. The van der Waals surface area contributed by atoms with Gasteiger partial charge in [-0.05, 0) is 47.9 Å². The lowest BCUT2D eigenvalue weighted by Gasteiger charge is -2.30. The quantitative estimate of drug-likeness (QED) is 0.229. The highest BCUT2D eigenvalue weighted by molar-refractivity contribution is 5.89. The molecule has 2 aromatic rings. The van der Waals surface area contributed by atoms with Crippen LogP contribution in [0.2, 0.25) is 0 Å². The highest BCUT2D eigenvalue weighted by atomic mass is 16.6. The molecule has 1 unspecified atom stereocenters. The van der Waals surface area contributed by atoms with Crippen molar-refractivity contribution in [1.82, 2.24) is 0 Å². The molecule has 0 bridgehead atoms. The van der Waals surface area contributed by atoms with E-state index in [2.05, 4.69) is 6.92 Å². The fraction of sp³-hybridized carbons (Fsp3) is 0.357. The average Bonchev–Trinajstić information content (AvgIpc) is 2.84. The maximum Gasteiger partial charge on any atom is 0.348 e. The number of carbonyl (C=O) groups is 2. The highest BCUT2D eigenvalue weighted by Gasteiger charge is 2.40. The highest BCUT2D eigenvalue weighted by Crippen LogP contribution is 2.31. The van der Waals surface area contributed by atoms with Crippen molar-refractivity contribution in [2.24, 2.45) is 0 Å². The Morgan fingerprint density at radius 3 is 2.27 bits per heavy atom. The van der Waals surface area contributed by atoms with Gasteiger partial charge in [0.1, 0.15) is 5.75 Å². The molecule has 33 heavy (non-hydrogen) atoms. The summed E-state index contributed by atoms with van der Waals surface area (Å²) < 4.78 is 11.8. The molecule has 1 N–H and O–H groups in total. The number of carboxylic acids is 1. The minimum atomic E-state index is -1.20. The fourth-order valence-corrected chi connectivity index (χ4v) is 3.78. The third-order valence-electron chi connectivity index (χ3n) is 5.78. The van der Waals surface area contributed by atoms with E-state index in [-0.39, 0.29) is 5.56 Å². The zero-order valence-electron chi connectivity index (χ0n) is 19.2. The number of carboxylic acid groups (broad SMARTS) is 1. The van der Waals surface area contributed by atoms with E-state index in [4.69, 9.17) is 14.6 Å². The molecule has 5 heteroatoms. The largest absolute Gasteiger partial charge is 0.478 e. The molecule has 1 atom stereocenters. The molecule has 0 amide bonds. The van der Waals surface area contributed by atoms with E-state index < -0.39 is 17.5 Å². The number of allylic oxidation sites excluding steroid dienone is 2. The van der Waals surface area contributed by atoms with E-state index in [9.17, 15) is 9.59 Å². The van der Waals surface area contributed by atoms with E-state index in [1.54, 1.807) is 6.08 Å². The number of benzene rings is 2. The smallest absolute Gasteiger partial charge is 0.348 e. The summed E-state index contributed by atoms with van der Waals surface area (Å²) in [6.45, 7) is 2.67. The summed E-state index contributed by atoms with van der Waals surface area (Å²) >= 11 is 0. The van der Waals surface area contributed by atoms with Gasteiger partial charge in [0.25, 0.3) is 0 Å². The Morgan fingerprint density at radius 1 is 0.939 bits per heavy atom. The Labute approximate surface area is 195 Å². The van der Waals surface area contributed by atoms with Crippen LogP contribution in [0.5, 0.6) is 5.75 Å². The molecule has 2 aromatic carbocycles. The summed E-state index contributed by atoms with van der Waals surface area (Å²) in [5, 5.41) is 9.07. The van der Waals surface area contributed by atoms with Crippen LogP contribution in [0, 0.1) is 0 Å². The van der Waals surface area contributed by atoms with Gasteiger partial charge in [-0.3, -0.25) is 0 Å². The molecule has 0 saturated heterocycles. The van der Waals surface area contributed by atoms with Crippen LogP contribution >= 0.6 is 0 Å². The number of carbonyl (C=O) groups excluding carboxylic acids is 1. The lowest BCUT2D eigenvalue weighted by atomic mass is 9.89. The molecule has 5 nitrogen and oxygen atoms in total. The van der Waals surface area contributed by atoms with Crippen molar-refractivity contribution in [2.45, 2.75) is 57.5 Å². The molecule has 0 aliphatic heterocycles.